The molecule has 4 N–H and O–H groups in total. The van der Waals surface area contributed by atoms with E-state index in [2.05, 4.69) is 20.7 Å². The normalized spacial score (nSPS) is 9.95. The molecule has 0 spiro atoms. The van der Waals surface area contributed by atoms with Gasteiger partial charge in [-0.2, -0.15) is 0 Å². The number of amides is 1. The number of nitrogen functional groups attached to an aromatic ring is 1. The van der Waals surface area contributed by atoms with Gasteiger partial charge >= 0.3 is 0 Å². The van der Waals surface area contributed by atoms with Gasteiger partial charge in [0.2, 0.25) is 0 Å². The van der Waals surface area contributed by atoms with Crippen molar-refractivity contribution in [3.8, 4) is 0 Å². The summed E-state index contributed by atoms with van der Waals surface area (Å²) >= 11 is 0. The SMILES string of the molecule is NNc1ccc(C(=O)NCCc2ccccn2)cn1. The molecule has 0 unspecified atom stereocenters. The van der Waals surface area contributed by atoms with Crippen LogP contribution in [0.15, 0.2) is 42.7 Å². The molecule has 0 aromatic carbocycles. The number of carbonyl (C=O) groups is 1. The Balaban J connectivity index is 1.84. The van der Waals surface area contributed by atoms with E-state index >= 15 is 0 Å². The summed E-state index contributed by atoms with van der Waals surface area (Å²) in [5.41, 5.74) is 3.85. The lowest BCUT2D eigenvalue weighted by Gasteiger charge is -2.05. The van der Waals surface area contributed by atoms with E-state index in [-0.39, 0.29) is 5.91 Å². The van der Waals surface area contributed by atoms with Crippen LogP contribution in [0.3, 0.4) is 0 Å². The van der Waals surface area contributed by atoms with Crippen molar-refractivity contribution in [2.24, 2.45) is 5.84 Å². The molecule has 0 saturated carbocycles. The zero-order chi connectivity index (χ0) is 13.5. The van der Waals surface area contributed by atoms with Gasteiger partial charge in [-0.05, 0) is 24.3 Å². The van der Waals surface area contributed by atoms with Crippen LogP contribution >= 0.6 is 0 Å². The minimum absolute atomic E-state index is 0.160. The summed E-state index contributed by atoms with van der Waals surface area (Å²) in [6.07, 6.45) is 3.91. The molecule has 0 bridgehead atoms. The molecule has 2 aromatic rings. The van der Waals surface area contributed by atoms with Crippen molar-refractivity contribution in [3.63, 3.8) is 0 Å². The second kappa shape index (κ2) is 6.46. The lowest BCUT2D eigenvalue weighted by molar-refractivity contribution is 0.0954. The molecule has 0 fully saturated rings. The van der Waals surface area contributed by atoms with Gasteiger partial charge in [-0.15, -0.1) is 0 Å². The minimum Gasteiger partial charge on any atom is -0.352 e. The smallest absolute Gasteiger partial charge is 0.252 e. The molecule has 98 valence electrons. The maximum absolute atomic E-state index is 11.8. The fourth-order valence-electron chi connectivity index (χ4n) is 1.57. The number of rotatable bonds is 5. The van der Waals surface area contributed by atoms with Crippen LogP contribution in [-0.4, -0.2) is 22.4 Å². The fourth-order valence-corrected chi connectivity index (χ4v) is 1.57. The van der Waals surface area contributed by atoms with Gasteiger partial charge in [0.15, 0.2) is 0 Å². The Bertz CT molecular complexity index is 526. The lowest BCUT2D eigenvalue weighted by Crippen LogP contribution is -2.26. The first-order chi connectivity index (χ1) is 9.29. The summed E-state index contributed by atoms with van der Waals surface area (Å²) < 4.78 is 0. The van der Waals surface area contributed by atoms with Crippen molar-refractivity contribution in [1.29, 1.82) is 0 Å². The topological polar surface area (TPSA) is 92.9 Å². The van der Waals surface area contributed by atoms with Crippen LogP contribution < -0.4 is 16.6 Å². The molecule has 2 heterocycles. The summed E-state index contributed by atoms with van der Waals surface area (Å²) in [5.74, 6) is 5.56. The quantitative estimate of drug-likeness (QED) is 0.542. The van der Waals surface area contributed by atoms with E-state index in [0.717, 1.165) is 5.69 Å². The van der Waals surface area contributed by atoms with E-state index in [1.807, 2.05) is 18.2 Å². The van der Waals surface area contributed by atoms with Crippen molar-refractivity contribution < 1.29 is 4.79 Å². The standard InChI is InChI=1S/C13H15N5O/c14-18-12-5-4-10(9-17-12)13(19)16-8-6-11-3-1-2-7-15-11/h1-5,7,9H,6,8,14H2,(H,16,19)(H,17,18). The summed E-state index contributed by atoms with van der Waals surface area (Å²) in [6.45, 7) is 0.534. The molecule has 0 aliphatic rings. The molecule has 0 aliphatic heterocycles. The minimum atomic E-state index is -0.160. The maximum atomic E-state index is 11.8. The fraction of sp³-hybridized carbons (Fsp3) is 0.154. The van der Waals surface area contributed by atoms with Crippen LogP contribution in [0.1, 0.15) is 16.1 Å². The van der Waals surface area contributed by atoms with Crippen LogP contribution in [0.2, 0.25) is 0 Å². The zero-order valence-corrected chi connectivity index (χ0v) is 10.3. The highest BCUT2D eigenvalue weighted by atomic mass is 16.1. The maximum Gasteiger partial charge on any atom is 0.252 e. The zero-order valence-electron chi connectivity index (χ0n) is 10.3. The first-order valence-electron chi connectivity index (χ1n) is 5.90. The van der Waals surface area contributed by atoms with Gasteiger partial charge in [0.1, 0.15) is 5.82 Å². The highest BCUT2D eigenvalue weighted by Gasteiger charge is 2.05. The molecule has 6 nitrogen and oxygen atoms in total. The highest BCUT2D eigenvalue weighted by molar-refractivity contribution is 5.94. The molecule has 2 aromatic heterocycles. The van der Waals surface area contributed by atoms with Gasteiger partial charge in [0, 0.05) is 31.1 Å². The van der Waals surface area contributed by atoms with E-state index in [0.29, 0.717) is 24.3 Å². The van der Waals surface area contributed by atoms with Crippen molar-refractivity contribution >= 4 is 11.7 Å². The lowest BCUT2D eigenvalue weighted by atomic mass is 10.2. The van der Waals surface area contributed by atoms with Crippen molar-refractivity contribution in [1.82, 2.24) is 15.3 Å². The predicted octanol–water partition coefficient (Wildman–Crippen LogP) is 0.735. The molecule has 0 radical (unpaired) electrons. The average molecular weight is 257 g/mol. The van der Waals surface area contributed by atoms with Crippen LogP contribution in [0.25, 0.3) is 0 Å². The largest absolute Gasteiger partial charge is 0.352 e. The van der Waals surface area contributed by atoms with Gasteiger partial charge in [0.25, 0.3) is 5.91 Å². The number of anilines is 1. The first-order valence-corrected chi connectivity index (χ1v) is 5.90. The first kappa shape index (κ1) is 13.0. The van der Waals surface area contributed by atoms with E-state index in [1.165, 1.54) is 6.20 Å². The Labute approximate surface area is 111 Å². The molecular formula is C13H15N5O. The van der Waals surface area contributed by atoms with Crippen molar-refractivity contribution in [3.05, 3.63) is 54.0 Å². The molecular weight excluding hydrogens is 242 g/mol. The van der Waals surface area contributed by atoms with E-state index in [4.69, 9.17) is 5.84 Å². The van der Waals surface area contributed by atoms with Gasteiger partial charge in [0.05, 0.1) is 5.56 Å². The number of hydrazine groups is 1. The molecule has 0 aliphatic carbocycles. The number of hydrogen-bond donors (Lipinski definition) is 3. The molecule has 6 heteroatoms. The van der Waals surface area contributed by atoms with E-state index < -0.39 is 0 Å². The number of aromatic nitrogens is 2. The van der Waals surface area contributed by atoms with E-state index in [1.54, 1.807) is 18.3 Å². The Morgan fingerprint density at radius 3 is 2.74 bits per heavy atom. The Morgan fingerprint density at radius 2 is 2.11 bits per heavy atom. The summed E-state index contributed by atoms with van der Waals surface area (Å²) in [4.78, 5) is 20.0. The number of nitrogens with two attached hydrogens (primary N) is 1. The second-order valence-electron chi connectivity index (χ2n) is 3.90. The predicted molar refractivity (Wildman–Crippen MR) is 72.3 cm³/mol. The van der Waals surface area contributed by atoms with Crippen molar-refractivity contribution in [2.75, 3.05) is 12.0 Å². The van der Waals surface area contributed by atoms with Gasteiger partial charge in [-0.25, -0.2) is 10.8 Å². The van der Waals surface area contributed by atoms with Crippen LogP contribution in [0.4, 0.5) is 5.82 Å². The summed E-state index contributed by atoms with van der Waals surface area (Å²) in [5, 5.41) is 2.81. The number of carbonyl (C=O) groups excluding carboxylic acids is 1. The summed E-state index contributed by atoms with van der Waals surface area (Å²) in [6, 6.07) is 9.02. The highest BCUT2D eigenvalue weighted by Crippen LogP contribution is 2.03. The van der Waals surface area contributed by atoms with Gasteiger partial charge < -0.3 is 10.7 Å². The third-order valence-corrected chi connectivity index (χ3v) is 2.57. The Hall–Kier alpha value is -2.47. The number of nitrogens with zero attached hydrogens (tertiary/aromatic N) is 2. The molecule has 0 saturated heterocycles. The monoisotopic (exact) mass is 257 g/mol. The third-order valence-electron chi connectivity index (χ3n) is 2.57. The number of pyridine rings is 2. The van der Waals surface area contributed by atoms with Crippen LogP contribution in [0, 0.1) is 0 Å². The molecule has 19 heavy (non-hydrogen) atoms. The average Bonchev–Trinajstić information content (AvgIpc) is 2.48. The van der Waals surface area contributed by atoms with Gasteiger partial charge in [-0.3, -0.25) is 9.78 Å². The number of nitrogens with one attached hydrogen (secondary N) is 2. The van der Waals surface area contributed by atoms with E-state index in [9.17, 15) is 4.79 Å². The Morgan fingerprint density at radius 1 is 1.21 bits per heavy atom. The molecule has 2 rings (SSSR count). The summed E-state index contributed by atoms with van der Waals surface area (Å²) in [7, 11) is 0. The number of hydrogen-bond acceptors (Lipinski definition) is 5. The molecule has 0 atom stereocenters. The van der Waals surface area contributed by atoms with Crippen molar-refractivity contribution in [2.45, 2.75) is 6.42 Å². The van der Waals surface area contributed by atoms with Crippen LogP contribution in [-0.2, 0) is 6.42 Å². The molecule has 1 amide bonds. The third kappa shape index (κ3) is 3.75. The van der Waals surface area contributed by atoms with Crippen LogP contribution in [0.5, 0.6) is 0 Å². The van der Waals surface area contributed by atoms with Gasteiger partial charge in [-0.1, -0.05) is 6.07 Å². The second-order valence-corrected chi connectivity index (χ2v) is 3.90. The Kier molecular flexibility index (Phi) is 4.41.